The Labute approximate surface area is 288 Å². The van der Waals surface area contributed by atoms with Crippen molar-refractivity contribution in [2.75, 3.05) is 12.0 Å². The number of nitro groups is 1. The van der Waals surface area contributed by atoms with Gasteiger partial charge in [0.05, 0.1) is 15.4 Å². The zero-order valence-corrected chi connectivity index (χ0v) is 28.9. The first-order chi connectivity index (χ1) is 22.8. The summed E-state index contributed by atoms with van der Waals surface area (Å²) in [7, 11) is -3.70. The van der Waals surface area contributed by atoms with Crippen molar-refractivity contribution < 1.29 is 37.3 Å². The molecular formula is C33H36ClN3O9S2. The first-order valence-corrected chi connectivity index (χ1v) is 18.6. The average molecular weight is 718 g/mol. The molecule has 256 valence electrons. The third-order valence-corrected chi connectivity index (χ3v) is 9.41. The lowest BCUT2D eigenvalue weighted by Gasteiger charge is -2.18. The average Bonchev–Trinajstić information content (AvgIpc) is 3.04. The minimum atomic E-state index is -3.70. The molecule has 0 radical (unpaired) electrons. The molecule has 4 rings (SSSR count). The van der Waals surface area contributed by atoms with Crippen molar-refractivity contribution in [3.63, 3.8) is 0 Å². The van der Waals surface area contributed by atoms with Crippen molar-refractivity contribution in [2.24, 2.45) is 5.92 Å². The van der Waals surface area contributed by atoms with Crippen LogP contribution < -0.4 is 4.74 Å². The maximum Gasteiger partial charge on any atom is 0.372 e. The van der Waals surface area contributed by atoms with Crippen LogP contribution >= 0.6 is 23.4 Å². The molecule has 48 heavy (non-hydrogen) atoms. The van der Waals surface area contributed by atoms with Gasteiger partial charge >= 0.3 is 5.30 Å². The third kappa shape index (κ3) is 11.3. The van der Waals surface area contributed by atoms with Gasteiger partial charge in [0.25, 0.3) is 5.69 Å². The van der Waals surface area contributed by atoms with Gasteiger partial charge in [0.1, 0.15) is 11.6 Å². The van der Waals surface area contributed by atoms with Crippen molar-refractivity contribution in [1.29, 1.82) is 0 Å². The first kappa shape index (κ1) is 38.4. The third-order valence-electron chi connectivity index (χ3n) is 7.30. The second kappa shape index (κ2) is 18.5. The molecule has 1 aliphatic carbocycles. The molecule has 12 nitrogen and oxygen atoms in total. The number of sulfone groups is 1. The van der Waals surface area contributed by atoms with Gasteiger partial charge in [-0.3, -0.25) is 24.5 Å². The molecule has 1 aromatic heterocycles. The van der Waals surface area contributed by atoms with Crippen LogP contribution in [0.4, 0.5) is 10.5 Å². The fourth-order valence-electron chi connectivity index (χ4n) is 4.84. The number of ketones is 3. The SMILES string of the molecule is CCCCCCCCSC(=O)Oc1cc(Cl)nnc1-c1ccccc1.CS(=O)(=O)c1ccc(C(=O)C2C(=O)CCCC2=O)c([N+](=O)[O-])c1. The molecule has 1 saturated carbocycles. The van der Waals surface area contributed by atoms with Crippen LogP contribution in [0.25, 0.3) is 11.3 Å². The van der Waals surface area contributed by atoms with E-state index in [0.717, 1.165) is 48.6 Å². The van der Waals surface area contributed by atoms with E-state index < -0.39 is 49.3 Å². The highest BCUT2D eigenvalue weighted by molar-refractivity contribution is 8.13. The van der Waals surface area contributed by atoms with Gasteiger partial charge in [0.15, 0.2) is 38.1 Å². The van der Waals surface area contributed by atoms with Gasteiger partial charge in [-0.2, -0.15) is 0 Å². The van der Waals surface area contributed by atoms with Crippen molar-refractivity contribution >= 4 is 61.5 Å². The number of thioether (sulfide) groups is 1. The van der Waals surface area contributed by atoms with Crippen LogP contribution in [-0.2, 0) is 19.4 Å². The summed E-state index contributed by atoms with van der Waals surface area (Å²) < 4.78 is 28.4. The summed E-state index contributed by atoms with van der Waals surface area (Å²) in [5.74, 6) is -2.51. The van der Waals surface area contributed by atoms with E-state index in [4.69, 9.17) is 16.3 Å². The number of Topliss-reactive ketones (excluding diaryl/α,β-unsaturated/α-hetero) is 3. The number of halogens is 1. The van der Waals surface area contributed by atoms with E-state index in [1.807, 2.05) is 30.3 Å². The van der Waals surface area contributed by atoms with Crippen molar-refractivity contribution in [2.45, 2.75) is 69.6 Å². The summed E-state index contributed by atoms with van der Waals surface area (Å²) in [6, 6.07) is 13.8. The monoisotopic (exact) mass is 717 g/mol. The number of rotatable bonds is 13. The van der Waals surface area contributed by atoms with E-state index in [1.54, 1.807) is 0 Å². The molecule has 1 fully saturated rings. The number of benzene rings is 2. The highest BCUT2D eigenvalue weighted by Crippen LogP contribution is 2.31. The zero-order chi connectivity index (χ0) is 35.3. The number of aromatic nitrogens is 2. The normalized spacial score (nSPS) is 13.4. The fraction of sp³-hybridized carbons (Fsp3) is 0.394. The highest BCUT2D eigenvalue weighted by atomic mass is 35.5. The molecule has 0 saturated heterocycles. The van der Waals surface area contributed by atoms with Gasteiger partial charge in [0, 0.05) is 42.5 Å². The van der Waals surface area contributed by atoms with Crippen LogP contribution in [0.1, 0.15) is 75.1 Å². The lowest BCUT2D eigenvalue weighted by Crippen LogP contribution is -2.35. The number of unbranched alkanes of at least 4 members (excludes halogenated alkanes) is 5. The second-order valence-corrected chi connectivity index (χ2v) is 14.4. The summed E-state index contributed by atoms with van der Waals surface area (Å²) in [6.07, 6.45) is 8.56. The first-order valence-electron chi connectivity index (χ1n) is 15.3. The predicted molar refractivity (Wildman–Crippen MR) is 182 cm³/mol. The molecule has 3 aromatic rings. The van der Waals surface area contributed by atoms with E-state index >= 15 is 0 Å². The minimum absolute atomic E-state index is 0.0668. The Kier molecular flexibility index (Phi) is 14.8. The van der Waals surface area contributed by atoms with Crippen molar-refractivity contribution in [3.8, 4) is 17.0 Å². The number of hydrogen-bond donors (Lipinski definition) is 0. The molecule has 0 unspecified atom stereocenters. The zero-order valence-electron chi connectivity index (χ0n) is 26.6. The van der Waals surface area contributed by atoms with E-state index in [0.29, 0.717) is 17.9 Å². The Morgan fingerprint density at radius 1 is 0.979 bits per heavy atom. The molecule has 0 aliphatic heterocycles. The van der Waals surface area contributed by atoms with E-state index in [2.05, 4.69) is 17.1 Å². The Hall–Kier alpha value is -4.01. The summed E-state index contributed by atoms with van der Waals surface area (Å²) >= 11 is 7.10. The number of nitro benzene ring substituents is 1. The minimum Gasteiger partial charge on any atom is -0.416 e. The highest BCUT2D eigenvalue weighted by Gasteiger charge is 2.39. The molecule has 0 N–H and O–H groups in total. The summed E-state index contributed by atoms with van der Waals surface area (Å²) in [4.78, 5) is 58.1. The molecule has 1 heterocycles. The predicted octanol–water partition coefficient (Wildman–Crippen LogP) is 7.51. The van der Waals surface area contributed by atoms with E-state index in [-0.39, 0.29) is 28.2 Å². The van der Waals surface area contributed by atoms with Crippen LogP contribution in [0.15, 0.2) is 59.5 Å². The van der Waals surface area contributed by atoms with Crippen LogP contribution in [0, 0.1) is 16.0 Å². The Morgan fingerprint density at radius 3 is 2.25 bits per heavy atom. The van der Waals surface area contributed by atoms with Crippen LogP contribution in [0.2, 0.25) is 5.15 Å². The summed E-state index contributed by atoms with van der Waals surface area (Å²) in [5.41, 5.74) is 0.175. The number of carbonyl (C=O) groups is 4. The van der Waals surface area contributed by atoms with E-state index in [9.17, 15) is 37.7 Å². The van der Waals surface area contributed by atoms with Crippen LogP contribution in [0.3, 0.4) is 0 Å². The van der Waals surface area contributed by atoms with E-state index in [1.165, 1.54) is 43.5 Å². The Balaban J connectivity index is 0.000000261. The topological polar surface area (TPSA) is 181 Å². The molecule has 0 amide bonds. The van der Waals surface area contributed by atoms with Crippen LogP contribution in [-0.4, -0.2) is 58.2 Å². The van der Waals surface area contributed by atoms with Gasteiger partial charge in [-0.25, -0.2) is 13.2 Å². The molecule has 1 aliphatic rings. The summed E-state index contributed by atoms with van der Waals surface area (Å²) in [6.45, 7) is 2.20. The molecular weight excluding hydrogens is 682 g/mol. The van der Waals surface area contributed by atoms with Gasteiger partial charge in [-0.15, -0.1) is 10.2 Å². The van der Waals surface area contributed by atoms with Crippen molar-refractivity contribution in [3.05, 3.63) is 75.4 Å². The van der Waals surface area contributed by atoms with Crippen molar-refractivity contribution in [1.82, 2.24) is 10.2 Å². The molecule has 0 spiro atoms. The van der Waals surface area contributed by atoms with Gasteiger partial charge < -0.3 is 4.74 Å². The summed E-state index contributed by atoms with van der Waals surface area (Å²) in [5, 5.41) is 18.9. The largest absolute Gasteiger partial charge is 0.416 e. The maximum absolute atomic E-state index is 12.4. The molecule has 2 aromatic carbocycles. The number of hydrogen-bond acceptors (Lipinski definition) is 12. The second-order valence-electron chi connectivity index (χ2n) is 11.0. The quantitative estimate of drug-likeness (QED) is 0.0424. The molecule has 0 bridgehead atoms. The Morgan fingerprint density at radius 2 is 1.62 bits per heavy atom. The van der Waals surface area contributed by atoms with Crippen LogP contribution in [0.5, 0.6) is 5.75 Å². The lowest BCUT2D eigenvalue weighted by molar-refractivity contribution is -0.385. The molecule has 15 heteroatoms. The number of carbonyl (C=O) groups excluding carboxylic acids is 4. The number of nitrogens with zero attached hydrogens (tertiary/aromatic N) is 3. The van der Waals surface area contributed by atoms with Gasteiger partial charge in [-0.1, -0.05) is 81.0 Å². The standard InChI is InChI=1S/C19H23ClN2O2S.C14H13NO7S/c1-2-3-4-5-6-10-13-25-19(23)24-16-14-17(20)21-22-18(16)15-11-8-7-9-12-15;1-23(21,22)8-5-6-9(10(7-8)15(19)20)14(18)13-11(16)3-2-4-12(13)17/h7-9,11-12,14H,2-6,10,13H2,1H3;5-7,13H,2-4H2,1H3. The molecule has 0 atom stereocenters. The lowest BCUT2D eigenvalue weighted by atomic mass is 9.81. The number of ether oxygens (including phenoxy) is 1. The van der Waals surface area contributed by atoms with Gasteiger partial charge in [-0.05, 0) is 36.7 Å². The maximum atomic E-state index is 12.4. The smallest absolute Gasteiger partial charge is 0.372 e. The Bertz CT molecular complexity index is 1740. The fourth-order valence-corrected chi connectivity index (χ4v) is 6.28. The van der Waals surface area contributed by atoms with Gasteiger partial charge in [0.2, 0.25) is 0 Å².